The first-order chi connectivity index (χ1) is 10.8. The molecule has 1 N–H and O–H groups in total. The van der Waals surface area contributed by atoms with E-state index in [1.54, 1.807) is 0 Å². The predicted octanol–water partition coefficient (Wildman–Crippen LogP) is 2.98. The number of benzene rings is 1. The van der Waals surface area contributed by atoms with Gasteiger partial charge < -0.3 is 14.4 Å². The standard InChI is InChI=1S/C15H10F3NO4/c16-8-1-7-12(11(18)10(8)17)19(15-2-6(3-15)4-15)5-9(13(7)20)23-14(21)22/h1,5-6H,2-4H2,(H,21,22). The van der Waals surface area contributed by atoms with Crippen LogP contribution in [0, 0.1) is 23.4 Å². The molecule has 0 saturated heterocycles. The molecule has 0 atom stereocenters. The molecule has 3 saturated carbocycles. The van der Waals surface area contributed by atoms with Crippen molar-refractivity contribution < 1.29 is 27.8 Å². The van der Waals surface area contributed by atoms with E-state index in [1.165, 1.54) is 4.57 Å². The van der Waals surface area contributed by atoms with Gasteiger partial charge in [-0.05, 0) is 31.2 Å². The Morgan fingerprint density at radius 1 is 1.26 bits per heavy atom. The lowest BCUT2D eigenvalue weighted by Gasteiger charge is -2.63. The number of aromatic nitrogens is 1. The maximum atomic E-state index is 14.3. The second-order valence-corrected chi connectivity index (χ2v) is 6.15. The number of hydrogen-bond donors (Lipinski definition) is 1. The van der Waals surface area contributed by atoms with Crippen molar-refractivity contribution >= 4 is 17.1 Å². The number of nitrogens with zero attached hydrogens (tertiary/aromatic N) is 1. The Labute approximate surface area is 126 Å². The fourth-order valence-corrected chi connectivity index (χ4v) is 3.64. The molecule has 2 aromatic rings. The summed E-state index contributed by atoms with van der Waals surface area (Å²) in [5, 5.41) is 8.27. The lowest BCUT2D eigenvalue weighted by atomic mass is 9.49. The van der Waals surface area contributed by atoms with Crippen molar-refractivity contribution in [3.8, 4) is 5.75 Å². The molecule has 120 valence electrons. The molecule has 0 amide bonds. The molecule has 3 fully saturated rings. The number of carboxylic acid groups (broad SMARTS) is 1. The Kier molecular flexibility index (Phi) is 2.62. The molecule has 0 unspecified atom stereocenters. The van der Waals surface area contributed by atoms with Gasteiger partial charge in [0.1, 0.15) is 0 Å². The quantitative estimate of drug-likeness (QED) is 0.681. The van der Waals surface area contributed by atoms with Crippen molar-refractivity contribution in [3.05, 3.63) is 39.9 Å². The van der Waals surface area contributed by atoms with E-state index in [-0.39, 0.29) is 5.52 Å². The fraction of sp³-hybridized carbons (Fsp3) is 0.333. The van der Waals surface area contributed by atoms with Crippen molar-refractivity contribution in [2.75, 3.05) is 0 Å². The van der Waals surface area contributed by atoms with E-state index in [1.807, 2.05) is 0 Å². The van der Waals surface area contributed by atoms with E-state index in [0.29, 0.717) is 12.0 Å². The summed E-state index contributed by atoms with van der Waals surface area (Å²) in [7, 11) is 0. The van der Waals surface area contributed by atoms with Crippen LogP contribution in [0.5, 0.6) is 5.75 Å². The first-order valence-electron chi connectivity index (χ1n) is 6.96. The van der Waals surface area contributed by atoms with Gasteiger partial charge in [0.2, 0.25) is 5.43 Å². The highest BCUT2D eigenvalue weighted by Gasteiger charge is 2.58. The molecule has 3 aliphatic rings. The summed E-state index contributed by atoms with van der Waals surface area (Å²) >= 11 is 0. The molecule has 1 aromatic heterocycles. The number of ether oxygens (including phenoxy) is 1. The molecule has 5 nitrogen and oxygen atoms in total. The summed E-state index contributed by atoms with van der Waals surface area (Å²) in [4.78, 5) is 22.9. The fourth-order valence-electron chi connectivity index (χ4n) is 3.64. The Balaban J connectivity index is 2.08. The summed E-state index contributed by atoms with van der Waals surface area (Å²) in [5.74, 6) is -4.70. The number of carbonyl (C=O) groups is 1. The van der Waals surface area contributed by atoms with E-state index >= 15 is 0 Å². The molecule has 1 heterocycles. The maximum absolute atomic E-state index is 14.3. The minimum absolute atomic E-state index is 0.357. The van der Waals surface area contributed by atoms with Crippen LogP contribution >= 0.6 is 0 Å². The number of fused-ring (bicyclic) bond motifs is 1. The van der Waals surface area contributed by atoms with Crippen molar-refractivity contribution in [2.45, 2.75) is 24.8 Å². The second-order valence-electron chi connectivity index (χ2n) is 6.15. The summed E-state index contributed by atoms with van der Waals surface area (Å²) < 4.78 is 47.1. The number of pyridine rings is 1. The normalized spacial score (nSPS) is 24.9. The van der Waals surface area contributed by atoms with Gasteiger partial charge in [-0.3, -0.25) is 4.79 Å². The zero-order chi connectivity index (χ0) is 16.5. The van der Waals surface area contributed by atoms with E-state index in [2.05, 4.69) is 4.74 Å². The SMILES string of the molecule is O=C(O)Oc1cn(C23CC(C2)C3)c2c(F)c(F)c(F)cc2c1=O. The van der Waals surface area contributed by atoms with Crippen LogP contribution in [0.3, 0.4) is 0 Å². The minimum atomic E-state index is -1.71. The lowest BCUT2D eigenvalue weighted by molar-refractivity contribution is -0.0865. The number of halogens is 3. The zero-order valence-corrected chi connectivity index (χ0v) is 11.6. The molecular formula is C15H10F3NO4. The summed E-state index contributed by atoms with van der Waals surface area (Å²) in [5.41, 5.74) is -1.84. The third-order valence-corrected chi connectivity index (χ3v) is 4.81. The van der Waals surface area contributed by atoms with Gasteiger partial charge in [-0.1, -0.05) is 0 Å². The summed E-state index contributed by atoms with van der Waals surface area (Å²) in [6, 6.07) is 0.576. The molecule has 5 rings (SSSR count). The van der Waals surface area contributed by atoms with Crippen LogP contribution in [0.2, 0.25) is 0 Å². The van der Waals surface area contributed by atoms with E-state index in [9.17, 15) is 22.8 Å². The van der Waals surface area contributed by atoms with Crippen LogP contribution in [0.25, 0.3) is 10.9 Å². The average molecular weight is 325 g/mol. The van der Waals surface area contributed by atoms with Crippen molar-refractivity contribution in [3.63, 3.8) is 0 Å². The molecule has 1 aromatic carbocycles. The highest BCUT2D eigenvalue weighted by atomic mass is 19.2. The Morgan fingerprint density at radius 3 is 2.43 bits per heavy atom. The van der Waals surface area contributed by atoms with Crippen LogP contribution in [-0.2, 0) is 5.54 Å². The van der Waals surface area contributed by atoms with Crippen molar-refractivity contribution in [1.29, 1.82) is 0 Å². The van der Waals surface area contributed by atoms with Gasteiger partial charge in [0.05, 0.1) is 17.1 Å². The second kappa shape index (κ2) is 4.27. The first-order valence-corrected chi connectivity index (χ1v) is 6.96. The molecule has 2 bridgehead atoms. The van der Waals surface area contributed by atoms with Gasteiger partial charge in [-0.25, -0.2) is 18.0 Å². The first kappa shape index (κ1) is 14.1. The Morgan fingerprint density at radius 2 is 1.91 bits per heavy atom. The monoisotopic (exact) mass is 325 g/mol. The average Bonchev–Trinajstić information content (AvgIpc) is 2.37. The maximum Gasteiger partial charge on any atom is 0.511 e. The Hall–Kier alpha value is -2.51. The predicted molar refractivity (Wildman–Crippen MR) is 72.0 cm³/mol. The highest BCUT2D eigenvalue weighted by Crippen LogP contribution is 2.63. The van der Waals surface area contributed by atoms with Crippen LogP contribution < -0.4 is 10.2 Å². The zero-order valence-electron chi connectivity index (χ0n) is 11.6. The smallest absolute Gasteiger partial charge is 0.449 e. The molecule has 0 spiro atoms. The van der Waals surface area contributed by atoms with Crippen molar-refractivity contribution in [2.24, 2.45) is 5.92 Å². The molecule has 0 radical (unpaired) electrons. The molecule has 23 heavy (non-hydrogen) atoms. The van der Waals surface area contributed by atoms with E-state index in [4.69, 9.17) is 5.11 Å². The van der Waals surface area contributed by atoms with Crippen LogP contribution in [0.4, 0.5) is 18.0 Å². The highest BCUT2D eigenvalue weighted by molar-refractivity contribution is 5.82. The lowest BCUT2D eigenvalue weighted by Crippen LogP contribution is -2.59. The van der Waals surface area contributed by atoms with E-state index in [0.717, 1.165) is 25.5 Å². The van der Waals surface area contributed by atoms with Crippen LogP contribution in [0.15, 0.2) is 17.1 Å². The Bertz CT molecular complexity index is 920. The number of rotatable bonds is 2. The van der Waals surface area contributed by atoms with Gasteiger partial charge in [0, 0.05) is 5.54 Å². The van der Waals surface area contributed by atoms with Crippen molar-refractivity contribution in [1.82, 2.24) is 4.57 Å². The largest absolute Gasteiger partial charge is 0.511 e. The van der Waals surface area contributed by atoms with Gasteiger partial charge in [-0.15, -0.1) is 0 Å². The van der Waals surface area contributed by atoms with E-state index < -0.39 is 45.7 Å². The van der Waals surface area contributed by atoms with Crippen LogP contribution in [0.1, 0.15) is 19.3 Å². The van der Waals surface area contributed by atoms with Gasteiger partial charge in [0.15, 0.2) is 23.2 Å². The van der Waals surface area contributed by atoms with Gasteiger partial charge >= 0.3 is 6.16 Å². The third-order valence-electron chi connectivity index (χ3n) is 4.81. The molecule has 8 heteroatoms. The van der Waals surface area contributed by atoms with Crippen LogP contribution in [-0.4, -0.2) is 15.8 Å². The number of hydrogen-bond acceptors (Lipinski definition) is 3. The van der Waals surface area contributed by atoms with Gasteiger partial charge in [0.25, 0.3) is 0 Å². The minimum Gasteiger partial charge on any atom is -0.449 e. The third kappa shape index (κ3) is 1.74. The topological polar surface area (TPSA) is 68.5 Å². The van der Waals surface area contributed by atoms with Gasteiger partial charge in [-0.2, -0.15) is 0 Å². The summed E-state index contributed by atoms with van der Waals surface area (Å²) in [6.07, 6.45) is 1.52. The molecular weight excluding hydrogens is 315 g/mol. The molecule has 0 aliphatic heterocycles. The summed E-state index contributed by atoms with van der Waals surface area (Å²) in [6.45, 7) is 0. The molecule has 3 aliphatic carbocycles.